The van der Waals surface area contributed by atoms with Crippen molar-refractivity contribution in [2.75, 3.05) is 13.2 Å². The minimum absolute atomic E-state index is 0.155. The molecule has 1 aromatic heterocycles. The summed E-state index contributed by atoms with van der Waals surface area (Å²) in [5.41, 5.74) is 6.15. The summed E-state index contributed by atoms with van der Waals surface area (Å²) in [6, 6.07) is -0.224. The molecule has 1 aliphatic carbocycles. The van der Waals surface area contributed by atoms with Gasteiger partial charge in [-0.05, 0) is 18.8 Å². The van der Waals surface area contributed by atoms with Gasteiger partial charge >= 0.3 is 0 Å². The first-order valence-corrected chi connectivity index (χ1v) is 7.10. The van der Waals surface area contributed by atoms with E-state index in [1.54, 1.807) is 0 Å². The lowest BCUT2D eigenvalue weighted by Gasteiger charge is -2.24. The molecule has 0 radical (unpaired) electrons. The highest BCUT2D eigenvalue weighted by molar-refractivity contribution is 4.95. The molecule has 1 saturated carbocycles. The van der Waals surface area contributed by atoms with Crippen molar-refractivity contribution in [2.45, 2.75) is 51.0 Å². The van der Waals surface area contributed by atoms with Gasteiger partial charge in [-0.25, -0.2) is 8.78 Å². The van der Waals surface area contributed by atoms with Crippen molar-refractivity contribution >= 4 is 0 Å². The summed E-state index contributed by atoms with van der Waals surface area (Å²) in [5, 5.41) is 3.82. The molecule has 0 spiro atoms. The minimum Gasteiger partial charge on any atom is -0.375 e. The third-order valence-electron chi connectivity index (χ3n) is 3.64. The van der Waals surface area contributed by atoms with Crippen LogP contribution < -0.4 is 5.73 Å². The lowest BCUT2D eigenvalue weighted by atomic mass is 9.84. The van der Waals surface area contributed by atoms with E-state index in [9.17, 15) is 8.78 Å². The first kappa shape index (κ1) is 15.3. The van der Waals surface area contributed by atoms with Crippen LogP contribution in [0.3, 0.4) is 0 Å². The monoisotopic (exact) mass is 289 g/mol. The highest BCUT2D eigenvalue weighted by Crippen LogP contribution is 2.32. The third kappa shape index (κ3) is 4.49. The molecule has 2 N–H and O–H groups in total. The molecule has 0 bridgehead atoms. The molecule has 7 heteroatoms. The zero-order chi connectivity index (χ0) is 14.4. The molecule has 2 rings (SSSR count). The summed E-state index contributed by atoms with van der Waals surface area (Å²) in [4.78, 5) is 4.23. The molecule has 20 heavy (non-hydrogen) atoms. The lowest BCUT2D eigenvalue weighted by Crippen LogP contribution is -2.23. The number of rotatable bonds is 7. The van der Waals surface area contributed by atoms with E-state index in [2.05, 4.69) is 10.1 Å². The van der Waals surface area contributed by atoms with Gasteiger partial charge in [0, 0.05) is 6.42 Å². The van der Waals surface area contributed by atoms with E-state index >= 15 is 0 Å². The molecule has 1 atom stereocenters. The van der Waals surface area contributed by atoms with Crippen molar-refractivity contribution in [3.63, 3.8) is 0 Å². The molecule has 0 aromatic carbocycles. The highest BCUT2D eigenvalue weighted by Gasteiger charge is 2.26. The molecular weight excluding hydrogens is 268 g/mol. The van der Waals surface area contributed by atoms with Crippen LogP contribution in [0.2, 0.25) is 0 Å². The normalized spacial score (nSPS) is 18.6. The Labute approximate surface area is 116 Å². The number of ether oxygens (including phenoxy) is 1. The Morgan fingerprint density at radius 3 is 2.75 bits per heavy atom. The van der Waals surface area contributed by atoms with E-state index in [1.165, 1.54) is 19.3 Å². The molecular formula is C13H21F2N3O2. The number of alkyl halides is 2. The summed E-state index contributed by atoms with van der Waals surface area (Å²) >= 11 is 0. The lowest BCUT2D eigenvalue weighted by molar-refractivity contribution is 0.0182. The molecule has 1 aliphatic rings. The zero-order valence-corrected chi connectivity index (χ0v) is 11.4. The molecule has 1 unspecified atom stereocenters. The van der Waals surface area contributed by atoms with E-state index in [-0.39, 0.29) is 12.6 Å². The first-order valence-electron chi connectivity index (χ1n) is 7.10. The smallest absolute Gasteiger partial charge is 0.261 e. The van der Waals surface area contributed by atoms with E-state index in [0.717, 1.165) is 12.8 Å². The van der Waals surface area contributed by atoms with Crippen molar-refractivity contribution < 1.29 is 18.0 Å². The van der Waals surface area contributed by atoms with Crippen LogP contribution in [0.4, 0.5) is 8.78 Å². The number of nitrogens with two attached hydrogens (primary N) is 1. The second-order valence-corrected chi connectivity index (χ2v) is 5.19. The summed E-state index contributed by atoms with van der Waals surface area (Å²) < 4.78 is 33.7. The van der Waals surface area contributed by atoms with Crippen LogP contribution >= 0.6 is 0 Å². The summed E-state index contributed by atoms with van der Waals surface area (Å²) in [7, 11) is 0. The van der Waals surface area contributed by atoms with Crippen molar-refractivity contribution in [1.82, 2.24) is 10.1 Å². The Hall–Kier alpha value is -1.08. The van der Waals surface area contributed by atoms with Gasteiger partial charge in [-0.2, -0.15) is 4.98 Å². The van der Waals surface area contributed by atoms with Crippen molar-refractivity contribution in [3.8, 4) is 0 Å². The first-order chi connectivity index (χ1) is 9.66. The average Bonchev–Trinajstić information content (AvgIpc) is 2.92. The summed E-state index contributed by atoms with van der Waals surface area (Å²) in [6.07, 6.45) is 3.75. The molecule has 0 aliphatic heterocycles. The zero-order valence-electron chi connectivity index (χ0n) is 11.4. The fourth-order valence-corrected chi connectivity index (χ4v) is 2.54. The Balaban J connectivity index is 1.78. The van der Waals surface area contributed by atoms with Crippen LogP contribution in [0.15, 0.2) is 4.52 Å². The third-order valence-corrected chi connectivity index (χ3v) is 3.64. The van der Waals surface area contributed by atoms with Gasteiger partial charge in [0.25, 0.3) is 6.43 Å². The molecule has 0 amide bonds. The maximum Gasteiger partial charge on any atom is 0.261 e. The highest BCUT2D eigenvalue weighted by atomic mass is 19.3. The quantitative estimate of drug-likeness (QED) is 0.780. The fourth-order valence-electron chi connectivity index (χ4n) is 2.54. The average molecular weight is 289 g/mol. The van der Waals surface area contributed by atoms with Crippen LogP contribution in [0.25, 0.3) is 0 Å². The number of nitrogens with zero attached hydrogens (tertiary/aromatic N) is 2. The second kappa shape index (κ2) is 7.64. The second-order valence-electron chi connectivity index (χ2n) is 5.19. The van der Waals surface area contributed by atoms with Gasteiger partial charge in [-0.15, -0.1) is 0 Å². The standard InChI is InChI=1S/C13H21F2N3O2/c14-10(15)8-19-7-6-11-17-13(20-18-11)12(16)9-4-2-1-3-5-9/h9-10,12H,1-8,16H2. The fraction of sp³-hybridized carbons (Fsp3) is 0.846. The molecule has 1 fully saturated rings. The SMILES string of the molecule is NC(c1nc(CCOCC(F)F)no1)C1CCCCC1. The largest absolute Gasteiger partial charge is 0.375 e. The molecule has 1 heterocycles. The Morgan fingerprint density at radius 2 is 2.05 bits per heavy atom. The van der Waals surface area contributed by atoms with Gasteiger partial charge < -0.3 is 15.0 Å². The van der Waals surface area contributed by atoms with Gasteiger partial charge in [-0.3, -0.25) is 0 Å². The van der Waals surface area contributed by atoms with E-state index in [1.807, 2.05) is 0 Å². The topological polar surface area (TPSA) is 74.2 Å². The van der Waals surface area contributed by atoms with E-state index < -0.39 is 13.0 Å². The Morgan fingerprint density at radius 1 is 1.30 bits per heavy atom. The van der Waals surface area contributed by atoms with Gasteiger partial charge in [0.05, 0.1) is 12.6 Å². The van der Waals surface area contributed by atoms with Crippen LogP contribution in [0.1, 0.15) is 49.9 Å². The number of halogens is 2. The van der Waals surface area contributed by atoms with Crippen LogP contribution in [0.5, 0.6) is 0 Å². The Bertz CT molecular complexity index is 395. The van der Waals surface area contributed by atoms with Crippen molar-refractivity contribution in [1.29, 1.82) is 0 Å². The predicted molar refractivity (Wildman–Crippen MR) is 68.3 cm³/mol. The maximum atomic E-state index is 11.9. The number of hydrogen-bond acceptors (Lipinski definition) is 5. The number of aromatic nitrogens is 2. The predicted octanol–water partition coefficient (Wildman–Crippen LogP) is 2.47. The van der Waals surface area contributed by atoms with Gasteiger partial charge in [0.15, 0.2) is 5.82 Å². The van der Waals surface area contributed by atoms with Crippen LogP contribution in [-0.2, 0) is 11.2 Å². The van der Waals surface area contributed by atoms with Crippen molar-refractivity contribution in [3.05, 3.63) is 11.7 Å². The van der Waals surface area contributed by atoms with Gasteiger partial charge in [0.2, 0.25) is 5.89 Å². The molecule has 0 saturated heterocycles. The summed E-state index contributed by atoms with van der Waals surface area (Å²) in [5.74, 6) is 1.30. The number of hydrogen-bond donors (Lipinski definition) is 1. The minimum atomic E-state index is -2.45. The molecule has 5 nitrogen and oxygen atoms in total. The van der Waals surface area contributed by atoms with E-state index in [0.29, 0.717) is 24.1 Å². The van der Waals surface area contributed by atoms with Crippen LogP contribution in [-0.4, -0.2) is 29.8 Å². The van der Waals surface area contributed by atoms with Gasteiger partial charge in [-0.1, -0.05) is 24.4 Å². The van der Waals surface area contributed by atoms with E-state index in [4.69, 9.17) is 15.0 Å². The van der Waals surface area contributed by atoms with Gasteiger partial charge in [0.1, 0.15) is 6.61 Å². The molecule has 114 valence electrons. The van der Waals surface area contributed by atoms with Crippen LogP contribution in [0, 0.1) is 5.92 Å². The Kier molecular flexibility index (Phi) is 5.85. The van der Waals surface area contributed by atoms with Crippen molar-refractivity contribution in [2.24, 2.45) is 11.7 Å². The molecule has 1 aromatic rings. The maximum absolute atomic E-state index is 11.9. The summed E-state index contributed by atoms with van der Waals surface area (Å²) in [6.45, 7) is -0.408.